The molecule has 2 N–H and O–H groups in total. The van der Waals surface area contributed by atoms with Crippen LogP contribution in [0.15, 0.2) is 52.9 Å². The Morgan fingerprint density at radius 2 is 1.72 bits per heavy atom. The average molecular weight is 402 g/mol. The van der Waals surface area contributed by atoms with E-state index in [2.05, 4.69) is 10.9 Å². The van der Waals surface area contributed by atoms with E-state index in [1.165, 1.54) is 18.2 Å². The normalized spacial score (nSPS) is 18.5. The van der Waals surface area contributed by atoms with Gasteiger partial charge in [-0.15, -0.1) is 0 Å². The second kappa shape index (κ2) is 6.95. The third kappa shape index (κ3) is 3.57. The fourth-order valence-electron chi connectivity index (χ4n) is 3.57. The van der Waals surface area contributed by atoms with Gasteiger partial charge in [-0.2, -0.15) is 13.2 Å². The van der Waals surface area contributed by atoms with Gasteiger partial charge in [0.2, 0.25) is 5.91 Å². The number of fused-ring (bicyclic) bond motifs is 1. The maximum absolute atomic E-state index is 13.2. The third-order valence-electron chi connectivity index (χ3n) is 5.14. The van der Waals surface area contributed by atoms with E-state index in [0.717, 1.165) is 11.5 Å². The summed E-state index contributed by atoms with van der Waals surface area (Å²) in [6.45, 7) is 1.73. The van der Waals surface area contributed by atoms with Crippen molar-refractivity contribution in [2.75, 3.05) is 0 Å². The zero-order chi connectivity index (χ0) is 20.8. The van der Waals surface area contributed by atoms with E-state index in [0.29, 0.717) is 17.6 Å². The van der Waals surface area contributed by atoms with Gasteiger partial charge in [-0.1, -0.05) is 36.4 Å². The lowest BCUT2D eigenvalue weighted by Crippen LogP contribution is -2.42. The van der Waals surface area contributed by atoms with Gasteiger partial charge in [-0.05, 0) is 37.0 Å². The Balaban J connectivity index is 1.41. The molecule has 2 unspecified atom stereocenters. The number of furan rings is 1. The molecule has 1 heterocycles. The molecule has 4 rings (SSSR count). The highest BCUT2D eigenvalue weighted by atomic mass is 19.4. The summed E-state index contributed by atoms with van der Waals surface area (Å²) in [5, 5.41) is 0.787. The van der Waals surface area contributed by atoms with Crippen molar-refractivity contribution >= 4 is 22.8 Å². The van der Waals surface area contributed by atoms with E-state index in [-0.39, 0.29) is 11.3 Å². The first-order valence-electron chi connectivity index (χ1n) is 9.02. The smallest absolute Gasteiger partial charge is 0.416 e. The van der Waals surface area contributed by atoms with Gasteiger partial charge in [0.05, 0.1) is 5.56 Å². The van der Waals surface area contributed by atoms with Crippen molar-refractivity contribution in [3.8, 4) is 0 Å². The van der Waals surface area contributed by atoms with Gasteiger partial charge < -0.3 is 4.42 Å². The summed E-state index contributed by atoms with van der Waals surface area (Å²) in [4.78, 5) is 24.7. The number of alkyl halides is 3. The maximum atomic E-state index is 13.2. The number of hydrogen-bond acceptors (Lipinski definition) is 3. The number of carbonyl (C=O) groups is 2. The van der Waals surface area contributed by atoms with Gasteiger partial charge in [0.15, 0.2) is 5.76 Å². The Labute approximate surface area is 163 Å². The van der Waals surface area contributed by atoms with Crippen LogP contribution in [-0.2, 0) is 11.0 Å². The zero-order valence-electron chi connectivity index (χ0n) is 15.3. The van der Waals surface area contributed by atoms with Crippen LogP contribution in [0.1, 0.15) is 39.6 Å². The highest BCUT2D eigenvalue weighted by Crippen LogP contribution is 2.50. The summed E-state index contributed by atoms with van der Waals surface area (Å²) in [6, 6.07) is 12.4. The molecule has 1 saturated carbocycles. The van der Waals surface area contributed by atoms with Gasteiger partial charge in [-0.25, -0.2) is 0 Å². The van der Waals surface area contributed by atoms with Crippen LogP contribution in [0.5, 0.6) is 0 Å². The fourth-order valence-corrected chi connectivity index (χ4v) is 3.57. The Bertz CT molecular complexity index is 1100. The van der Waals surface area contributed by atoms with Gasteiger partial charge in [0.1, 0.15) is 5.58 Å². The number of hydrogen-bond donors (Lipinski definition) is 2. The third-order valence-corrected chi connectivity index (χ3v) is 5.14. The molecule has 2 atom stereocenters. The van der Waals surface area contributed by atoms with Gasteiger partial charge in [0.25, 0.3) is 0 Å². The van der Waals surface area contributed by atoms with Crippen molar-refractivity contribution in [2.45, 2.75) is 25.4 Å². The number of amides is 2. The van der Waals surface area contributed by atoms with Crippen molar-refractivity contribution in [3.63, 3.8) is 0 Å². The van der Waals surface area contributed by atoms with Crippen LogP contribution >= 0.6 is 0 Å². The first kappa shape index (κ1) is 19.0. The molecule has 2 aromatic carbocycles. The number of nitrogens with one attached hydrogen (secondary N) is 2. The molecule has 0 bridgehead atoms. The number of rotatable bonds is 3. The topological polar surface area (TPSA) is 71.3 Å². The molecular formula is C21H17F3N2O3. The predicted octanol–water partition coefficient (Wildman–Crippen LogP) is 4.32. The van der Waals surface area contributed by atoms with Crippen molar-refractivity contribution in [3.05, 3.63) is 71.0 Å². The highest BCUT2D eigenvalue weighted by molar-refractivity contribution is 5.99. The largest absolute Gasteiger partial charge is 0.451 e. The molecular weight excluding hydrogens is 385 g/mol. The fraction of sp³-hybridized carbons (Fsp3) is 0.238. The first-order chi connectivity index (χ1) is 13.8. The molecule has 0 radical (unpaired) electrons. The molecule has 3 aromatic rings. The molecule has 2 amide bonds. The number of hydrazine groups is 1. The van der Waals surface area contributed by atoms with Crippen molar-refractivity contribution in [2.24, 2.45) is 5.92 Å². The predicted molar refractivity (Wildman–Crippen MR) is 98.9 cm³/mol. The quantitative estimate of drug-likeness (QED) is 0.641. The summed E-state index contributed by atoms with van der Waals surface area (Å²) in [7, 11) is 0. The molecule has 150 valence electrons. The van der Waals surface area contributed by atoms with Crippen molar-refractivity contribution < 1.29 is 27.2 Å². The zero-order valence-corrected chi connectivity index (χ0v) is 15.3. The maximum Gasteiger partial charge on any atom is 0.416 e. The lowest BCUT2D eigenvalue weighted by atomic mass is 10.0. The standard InChI is InChI=1S/C21H17F3N2O3/c1-11-12-6-3-5-9-17(12)29-18(11)20(28)26-25-19(27)15-10-14(15)13-7-2-4-8-16(13)21(22,23)24/h2-9,14-15H,10H2,1H3,(H,25,27)(H,26,28). The molecule has 1 fully saturated rings. The van der Waals surface area contributed by atoms with Crippen LogP contribution in [-0.4, -0.2) is 11.8 Å². The van der Waals surface area contributed by atoms with Crippen LogP contribution in [0, 0.1) is 12.8 Å². The Morgan fingerprint density at radius 1 is 1.03 bits per heavy atom. The Hall–Kier alpha value is -3.29. The molecule has 1 aromatic heterocycles. The lowest BCUT2D eigenvalue weighted by molar-refractivity contribution is -0.138. The molecule has 5 nitrogen and oxygen atoms in total. The minimum absolute atomic E-state index is 0.0706. The van der Waals surface area contributed by atoms with Gasteiger partial charge in [0, 0.05) is 16.9 Å². The minimum Gasteiger partial charge on any atom is -0.451 e. The molecule has 0 aliphatic heterocycles. The van der Waals surface area contributed by atoms with E-state index < -0.39 is 35.4 Å². The van der Waals surface area contributed by atoms with E-state index in [4.69, 9.17) is 4.42 Å². The second-order valence-corrected chi connectivity index (χ2v) is 7.03. The second-order valence-electron chi connectivity index (χ2n) is 7.03. The van der Waals surface area contributed by atoms with Crippen molar-refractivity contribution in [1.29, 1.82) is 0 Å². The van der Waals surface area contributed by atoms with Crippen molar-refractivity contribution in [1.82, 2.24) is 10.9 Å². The number of carbonyl (C=O) groups excluding carboxylic acids is 2. The monoisotopic (exact) mass is 402 g/mol. The first-order valence-corrected chi connectivity index (χ1v) is 9.02. The van der Waals surface area contributed by atoms with E-state index in [1.54, 1.807) is 19.1 Å². The van der Waals surface area contributed by atoms with Crippen LogP contribution in [0.25, 0.3) is 11.0 Å². The summed E-state index contributed by atoms with van der Waals surface area (Å²) in [5.74, 6) is -2.25. The summed E-state index contributed by atoms with van der Waals surface area (Å²) >= 11 is 0. The van der Waals surface area contributed by atoms with Gasteiger partial charge >= 0.3 is 12.1 Å². The molecule has 1 aliphatic rings. The molecule has 0 saturated heterocycles. The summed E-state index contributed by atoms with van der Waals surface area (Å²) in [5.41, 5.74) is 5.12. The number of halogens is 3. The summed E-state index contributed by atoms with van der Waals surface area (Å²) in [6.07, 6.45) is -4.19. The Morgan fingerprint density at radius 3 is 2.45 bits per heavy atom. The molecule has 8 heteroatoms. The molecule has 29 heavy (non-hydrogen) atoms. The molecule has 0 spiro atoms. The highest BCUT2D eigenvalue weighted by Gasteiger charge is 2.48. The van der Waals surface area contributed by atoms with Crippen LogP contribution < -0.4 is 10.9 Å². The summed E-state index contributed by atoms with van der Waals surface area (Å²) < 4.78 is 45.0. The van der Waals surface area contributed by atoms with Crippen LogP contribution in [0.3, 0.4) is 0 Å². The van der Waals surface area contributed by atoms with E-state index >= 15 is 0 Å². The van der Waals surface area contributed by atoms with E-state index in [1.807, 2.05) is 12.1 Å². The Kier molecular flexibility index (Phi) is 4.56. The van der Waals surface area contributed by atoms with Crippen LogP contribution in [0.2, 0.25) is 0 Å². The SMILES string of the molecule is Cc1c(C(=O)NNC(=O)C2CC2c2ccccc2C(F)(F)F)oc2ccccc12. The number of para-hydroxylation sites is 1. The number of aryl methyl sites for hydroxylation is 1. The van der Waals surface area contributed by atoms with Crippen LogP contribution in [0.4, 0.5) is 13.2 Å². The van der Waals surface area contributed by atoms with E-state index in [9.17, 15) is 22.8 Å². The lowest BCUT2D eigenvalue weighted by Gasteiger charge is -2.12. The minimum atomic E-state index is -4.48. The van der Waals surface area contributed by atoms with Gasteiger partial charge in [-0.3, -0.25) is 20.4 Å². The number of benzene rings is 2. The molecule has 1 aliphatic carbocycles. The average Bonchev–Trinajstić information content (AvgIpc) is 3.43.